The molecule has 0 aromatic heterocycles. The first-order valence-corrected chi connectivity index (χ1v) is 7.05. The summed E-state index contributed by atoms with van der Waals surface area (Å²) in [5.74, 6) is 0.147. The first-order valence-electron chi connectivity index (χ1n) is 7.05. The number of carbonyl (C=O) groups is 2. The Morgan fingerprint density at radius 2 is 1.86 bits per heavy atom. The third kappa shape index (κ3) is 3.14. The lowest BCUT2D eigenvalue weighted by molar-refractivity contribution is -0.121. The molecule has 0 spiro atoms. The second-order valence-electron chi connectivity index (χ2n) is 5.31. The Balaban J connectivity index is 2.27. The van der Waals surface area contributed by atoms with E-state index in [9.17, 15) is 9.59 Å². The number of methoxy groups -OCH3 is 2. The number of hydrogen-bond donors (Lipinski definition) is 3. The lowest BCUT2D eigenvalue weighted by Gasteiger charge is -2.31. The highest BCUT2D eigenvalue weighted by Crippen LogP contribution is 2.33. The number of rotatable bonds is 6. The molecule has 1 fully saturated rings. The van der Waals surface area contributed by atoms with Crippen LogP contribution in [0, 0.1) is 11.8 Å². The number of hydrogen-bond acceptors (Lipinski definition) is 5. The highest BCUT2D eigenvalue weighted by atomic mass is 16.5. The van der Waals surface area contributed by atoms with Gasteiger partial charge in [-0.05, 0) is 25.1 Å². The van der Waals surface area contributed by atoms with Crippen molar-refractivity contribution in [1.29, 1.82) is 0 Å². The summed E-state index contributed by atoms with van der Waals surface area (Å²) < 4.78 is 10.3. The third-order valence-corrected chi connectivity index (χ3v) is 3.98. The van der Waals surface area contributed by atoms with E-state index >= 15 is 0 Å². The number of anilines is 1. The molecular formula is C15H21N3O4. The average Bonchev–Trinajstić information content (AvgIpc) is 2.44. The van der Waals surface area contributed by atoms with Crippen LogP contribution in [0.4, 0.5) is 5.69 Å². The van der Waals surface area contributed by atoms with Crippen LogP contribution < -0.4 is 25.8 Å². The predicted octanol–water partition coefficient (Wildman–Crippen LogP) is 0.597. The zero-order valence-electron chi connectivity index (χ0n) is 12.9. The molecule has 0 radical (unpaired) electrons. The fraction of sp³-hybridized carbons (Fsp3) is 0.467. The van der Waals surface area contributed by atoms with E-state index in [-0.39, 0.29) is 17.4 Å². The van der Waals surface area contributed by atoms with Crippen LogP contribution in [-0.4, -0.2) is 39.1 Å². The lowest BCUT2D eigenvalue weighted by atomic mass is 9.88. The van der Waals surface area contributed by atoms with E-state index in [1.54, 1.807) is 6.07 Å². The van der Waals surface area contributed by atoms with Crippen LogP contribution >= 0.6 is 0 Å². The van der Waals surface area contributed by atoms with E-state index in [1.165, 1.54) is 20.3 Å². The predicted molar refractivity (Wildman–Crippen MR) is 82.2 cm³/mol. The summed E-state index contributed by atoms with van der Waals surface area (Å²) in [4.78, 5) is 23.9. The third-order valence-electron chi connectivity index (χ3n) is 3.98. The highest BCUT2D eigenvalue weighted by Gasteiger charge is 2.29. The second kappa shape index (κ2) is 6.65. The van der Waals surface area contributed by atoms with Gasteiger partial charge in [0.2, 0.25) is 5.91 Å². The molecule has 22 heavy (non-hydrogen) atoms. The molecule has 2 amide bonds. The summed E-state index contributed by atoms with van der Waals surface area (Å²) in [6.45, 7) is 3.51. The quantitative estimate of drug-likeness (QED) is 0.714. The number of nitrogens with one attached hydrogen (secondary N) is 2. The Labute approximate surface area is 129 Å². The maximum absolute atomic E-state index is 12.3. The van der Waals surface area contributed by atoms with Crippen LogP contribution in [0.1, 0.15) is 17.3 Å². The molecule has 1 aliphatic heterocycles. The zero-order valence-corrected chi connectivity index (χ0v) is 12.9. The Hall–Kier alpha value is -2.28. The first kappa shape index (κ1) is 16.1. The van der Waals surface area contributed by atoms with E-state index in [4.69, 9.17) is 15.2 Å². The van der Waals surface area contributed by atoms with Gasteiger partial charge in [-0.1, -0.05) is 6.92 Å². The highest BCUT2D eigenvalue weighted by molar-refractivity contribution is 6.04. The molecule has 4 N–H and O–H groups in total. The number of nitrogens with two attached hydrogens (primary N) is 1. The molecule has 0 aliphatic carbocycles. The summed E-state index contributed by atoms with van der Waals surface area (Å²) in [6.07, 6.45) is 0. The molecule has 1 aromatic carbocycles. The first-order chi connectivity index (χ1) is 10.5. The molecule has 0 bridgehead atoms. The maximum atomic E-state index is 12.3. The Morgan fingerprint density at radius 1 is 1.27 bits per heavy atom. The van der Waals surface area contributed by atoms with Gasteiger partial charge in [-0.3, -0.25) is 9.59 Å². The molecule has 0 saturated carbocycles. The van der Waals surface area contributed by atoms with Crippen LogP contribution in [0.2, 0.25) is 0 Å². The molecular weight excluding hydrogens is 286 g/mol. The summed E-state index contributed by atoms with van der Waals surface area (Å²) >= 11 is 0. The van der Waals surface area contributed by atoms with E-state index in [2.05, 4.69) is 10.6 Å². The number of carbonyl (C=O) groups excluding carboxylic acids is 2. The van der Waals surface area contributed by atoms with Crippen LogP contribution in [0.25, 0.3) is 0 Å². The van der Waals surface area contributed by atoms with Crippen molar-refractivity contribution in [3.05, 3.63) is 17.7 Å². The molecule has 1 saturated heterocycles. The van der Waals surface area contributed by atoms with Gasteiger partial charge in [-0.2, -0.15) is 0 Å². The van der Waals surface area contributed by atoms with Gasteiger partial charge in [0.25, 0.3) is 5.91 Å². The second-order valence-corrected chi connectivity index (χ2v) is 5.31. The van der Waals surface area contributed by atoms with E-state index in [0.29, 0.717) is 23.1 Å². The SMILES string of the molecule is COc1cc(NC(=O)C(C)C2CNC2)c(C(N)=O)cc1OC. The van der Waals surface area contributed by atoms with Crippen molar-refractivity contribution in [2.75, 3.05) is 32.6 Å². The summed E-state index contributed by atoms with van der Waals surface area (Å²) in [5.41, 5.74) is 5.90. The standard InChI is InChI=1S/C15H21N3O4/c1-8(9-6-17-7-9)15(20)18-11-5-13(22-3)12(21-2)4-10(11)14(16)19/h4-5,8-9,17H,6-7H2,1-3H3,(H2,16,19)(H,18,20). The Morgan fingerprint density at radius 3 is 2.32 bits per heavy atom. The van der Waals surface area contributed by atoms with E-state index in [1.807, 2.05) is 6.92 Å². The molecule has 120 valence electrons. The molecule has 1 aliphatic rings. The summed E-state index contributed by atoms with van der Waals surface area (Å²) in [7, 11) is 2.95. The van der Waals surface area contributed by atoms with Crippen LogP contribution in [0.5, 0.6) is 11.5 Å². The van der Waals surface area contributed by atoms with Crippen LogP contribution in [-0.2, 0) is 4.79 Å². The fourth-order valence-corrected chi connectivity index (χ4v) is 2.31. The van der Waals surface area contributed by atoms with Gasteiger partial charge in [-0.15, -0.1) is 0 Å². The smallest absolute Gasteiger partial charge is 0.250 e. The van der Waals surface area contributed by atoms with E-state index < -0.39 is 5.91 Å². The van der Waals surface area contributed by atoms with Gasteiger partial charge < -0.3 is 25.8 Å². The minimum Gasteiger partial charge on any atom is -0.493 e. The molecule has 7 heteroatoms. The Bertz CT molecular complexity index is 584. The topological polar surface area (TPSA) is 103 Å². The van der Waals surface area contributed by atoms with Gasteiger partial charge in [0.1, 0.15) is 0 Å². The zero-order chi connectivity index (χ0) is 16.3. The normalized spacial score (nSPS) is 15.6. The molecule has 1 heterocycles. The van der Waals surface area contributed by atoms with Gasteiger partial charge in [0.05, 0.1) is 25.5 Å². The van der Waals surface area contributed by atoms with Gasteiger partial charge >= 0.3 is 0 Å². The minimum atomic E-state index is -0.644. The number of benzene rings is 1. The summed E-state index contributed by atoms with van der Waals surface area (Å²) in [5, 5.41) is 5.90. The van der Waals surface area contributed by atoms with Crippen molar-refractivity contribution in [3.8, 4) is 11.5 Å². The van der Waals surface area contributed by atoms with Crippen molar-refractivity contribution >= 4 is 17.5 Å². The largest absolute Gasteiger partial charge is 0.493 e. The number of primary amides is 1. The molecule has 2 rings (SSSR count). The van der Waals surface area contributed by atoms with Crippen molar-refractivity contribution < 1.29 is 19.1 Å². The van der Waals surface area contributed by atoms with Crippen molar-refractivity contribution in [1.82, 2.24) is 5.32 Å². The molecule has 7 nitrogen and oxygen atoms in total. The fourth-order valence-electron chi connectivity index (χ4n) is 2.31. The average molecular weight is 307 g/mol. The number of ether oxygens (including phenoxy) is 2. The van der Waals surface area contributed by atoms with Gasteiger partial charge in [0, 0.05) is 12.0 Å². The summed E-state index contributed by atoms with van der Waals surface area (Å²) in [6, 6.07) is 3.01. The Kier molecular flexibility index (Phi) is 4.87. The number of amides is 2. The van der Waals surface area contributed by atoms with Gasteiger partial charge in [-0.25, -0.2) is 0 Å². The molecule has 1 unspecified atom stereocenters. The van der Waals surface area contributed by atoms with Crippen LogP contribution in [0.3, 0.4) is 0 Å². The van der Waals surface area contributed by atoms with Gasteiger partial charge in [0.15, 0.2) is 11.5 Å². The monoisotopic (exact) mass is 307 g/mol. The molecule has 1 aromatic rings. The van der Waals surface area contributed by atoms with Crippen molar-refractivity contribution in [3.63, 3.8) is 0 Å². The lowest BCUT2D eigenvalue weighted by Crippen LogP contribution is -2.48. The van der Waals surface area contributed by atoms with Crippen molar-refractivity contribution in [2.24, 2.45) is 17.6 Å². The van der Waals surface area contributed by atoms with Crippen molar-refractivity contribution in [2.45, 2.75) is 6.92 Å². The minimum absolute atomic E-state index is 0.152. The molecule has 1 atom stereocenters. The van der Waals surface area contributed by atoms with E-state index in [0.717, 1.165) is 13.1 Å². The van der Waals surface area contributed by atoms with Crippen LogP contribution in [0.15, 0.2) is 12.1 Å². The maximum Gasteiger partial charge on any atom is 0.250 e.